The van der Waals surface area contributed by atoms with Gasteiger partial charge in [-0.05, 0) is 24.1 Å². The molecule has 5 nitrogen and oxygen atoms in total. The molecule has 20 heavy (non-hydrogen) atoms. The Morgan fingerprint density at radius 3 is 2.40 bits per heavy atom. The molecule has 0 spiro atoms. The van der Waals surface area contributed by atoms with E-state index >= 15 is 0 Å². The Balaban J connectivity index is 3.09. The maximum Gasteiger partial charge on any atom is 0.241 e. The van der Waals surface area contributed by atoms with Crippen molar-refractivity contribution >= 4 is 15.9 Å². The second kappa shape index (κ2) is 6.27. The Hall–Kier alpha value is -1.54. The summed E-state index contributed by atoms with van der Waals surface area (Å²) >= 11 is 0. The van der Waals surface area contributed by atoms with E-state index in [1.807, 2.05) is 0 Å². The van der Waals surface area contributed by atoms with E-state index in [1.165, 1.54) is 0 Å². The normalized spacial score (nSPS) is 14.8. The van der Waals surface area contributed by atoms with Crippen LogP contribution in [-0.4, -0.2) is 20.4 Å². The molecule has 1 amide bonds. The first-order valence-electron chi connectivity index (χ1n) is 5.95. The summed E-state index contributed by atoms with van der Waals surface area (Å²) in [4.78, 5) is 10.8. The highest BCUT2D eigenvalue weighted by Gasteiger charge is 2.28. The van der Waals surface area contributed by atoms with Crippen LogP contribution < -0.4 is 10.5 Å². The molecule has 1 aromatic carbocycles. The number of amides is 1. The molecule has 0 aliphatic rings. The van der Waals surface area contributed by atoms with Gasteiger partial charge in [-0.15, -0.1) is 0 Å². The van der Waals surface area contributed by atoms with E-state index in [-0.39, 0.29) is 5.92 Å². The predicted octanol–water partition coefficient (Wildman–Crippen LogP) is 1.14. The fourth-order valence-corrected chi connectivity index (χ4v) is 2.89. The van der Waals surface area contributed by atoms with Crippen LogP contribution in [-0.2, 0) is 14.8 Å². The predicted molar refractivity (Wildman–Crippen MR) is 69.1 cm³/mol. The lowest BCUT2D eigenvalue weighted by atomic mass is 10.00. The van der Waals surface area contributed by atoms with Crippen LogP contribution in [0.4, 0.5) is 8.78 Å². The first-order valence-corrected chi connectivity index (χ1v) is 7.44. The molecular weight excluding hydrogens is 290 g/mol. The average molecular weight is 306 g/mol. The van der Waals surface area contributed by atoms with Crippen LogP contribution in [0.2, 0.25) is 0 Å². The summed E-state index contributed by atoms with van der Waals surface area (Å²) in [6, 6.07) is 1.05. The molecule has 2 atom stereocenters. The zero-order chi connectivity index (χ0) is 15.5. The van der Waals surface area contributed by atoms with Crippen LogP contribution in [0, 0.1) is 17.6 Å². The second-order valence-electron chi connectivity index (χ2n) is 4.46. The van der Waals surface area contributed by atoms with Crippen LogP contribution in [0.3, 0.4) is 0 Å². The molecule has 2 unspecified atom stereocenters. The Morgan fingerprint density at radius 2 is 1.95 bits per heavy atom. The van der Waals surface area contributed by atoms with Gasteiger partial charge in [0.2, 0.25) is 15.9 Å². The number of primary amides is 1. The molecule has 112 valence electrons. The van der Waals surface area contributed by atoms with E-state index in [4.69, 9.17) is 5.73 Å². The largest absolute Gasteiger partial charge is 0.368 e. The van der Waals surface area contributed by atoms with E-state index in [0.29, 0.717) is 18.6 Å². The number of carbonyl (C=O) groups is 1. The monoisotopic (exact) mass is 306 g/mol. The Labute approximate surface area is 116 Å². The molecule has 0 aromatic heterocycles. The lowest BCUT2D eigenvalue weighted by molar-refractivity contribution is -0.120. The van der Waals surface area contributed by atoms with Crippen LogP contribution >= 0.6 is 0 Å². The summed E-state index contributed by atoms with van der Waals surface area (Å²) in [6.07, 6.45) is 0.522. The third-order valence-electron chi connectivity index (χ3n) is 3.00. The van der Waals surface area contributed by atoms with Gasteiger partial charge in [-0.25, -0.2) is 17.2 Å². The number of carbonyl (C=O) groups excluding carboxylic acids is 1. The zero-order valence-corrected chi connectivity index (χ0v) is 11.9. The summed E-state index contributed by atoms with van der Waals surface area (Å²) in [5, 5.41) is 0. The van der Waals surface area contributed by atoms with Gasteiger partial charge in [0.15, 0.2) is 11.6 Å². The minimum Gasteiger partial charge on any atom is -0.368 e. The van der Waals surface area contributed by atoms with Crippen molar-refractivity contribution in [3.05, 3.63) is 29.8 Å². The van der Waals surface area contributed by atoms with E-state index in [9.17, 15) is 22.0 Å². The quantitative estimate of drug-likeness (QED) is 0.826. The number of hydrogen-bond acceptors (Lipinski definition) is 3. The fraction of sp³-hybridized carbons (Fsp3) is 0.417. The van der Waals surface area contributed by atoms with Crippen molar-refractivity contribution in [2.45, 2.75) is 31.2 Å². The van der Waals surface area contributed by atoms with Gasteiger partial charge in [0.05, 0.1) is 4.90 Å². The SMILES string of the molecule is CCC(C)C(NS(=O)(=O)c1ccc(F)c(F)c1)C(N)=O. The highest BCUT2D eigenvalue weighted by Crippen LogP contribution is 2.16. The maximum atomic E-state index is 13.1. The van der Waals surface area contributed by atoms with Crippen LogP contribution in [0.1, 0.15) is 20.3 Å². The van der Waals surface area contributed by atoms with Crippen LogP contribution in [0.5, 0.6) is 0 Å². The van der Waals surface area contributed by atoms with Gasteiger partial charge in [0.1, 0.15) is 6.04 Å². The molecule has 0 heterocycles. The molecule has 0 aliphatic carbocycles. The molecule has 1 rings (SSSR count). The second-order valence-corrected chi connectivity index (χ2v) is 6.18. The van der Waals surface area contributed by atoms with Gasteiger partial charge < -0.3 is 5.73 Å². The highest BCUT2D eigenvalue weighted by atomic mass is 32.2. The number of halogens is 2. The number of nitrogens with one attached hydrogen (secondary N) is 1. The van der Waals surface area contributed by atoms with Gasteiger partial charge in [0.25, 0.3) is 0 Å². The maximum absolute atomic E-state index is 13.1. The minimum atomic E-state index is -4.16. The molecule has 3 N–H and O–H groups in total. The first-order chi connectivity index (χ1) is 9.19. The third-order valence-corrected chi connectivity index (χ3v) is 4.44. The van der Waals surface area contributed by atoms with Crippen molar-refractivity contribution in [1.82, 2.24) is 4.72 Å². The Kier molecular flexibility index (Phi) is 5.18. The highest BCUT2D eigenvalue weighted by molar-refractivity contribution is 7.89. The van der Waals surface area contributed by atoms with Gasteiger partial charge >= 0.3 is 0 Å². The molecule has 0 fully saturated rings. The van der Waals surface area contributed by atoms with E-state index in [2.05, 4.69) is 4.72 Å². The molecule has 0 saturated heterocycles. The lowest BCUT2D eigenvalue weighted by Crippen LogP contribution is -2.48. The summed E-state index contributed by atoms with van der Waals surface area (Å²) in [5.41, 5.74) is 5.15. The van der Waals surface area contributed by atoms with Gasteiger partial charge in [-0.3, -0.25) is 4.79 Å². The standard InChI is InChI=1S/C12H16F2N2O3S/c1-3-7(2)11(12(15)17)16-20(18,19)8-4-5-9(13)10(14)6-8/h4-7,11,16H,3H2,1-2H3,(H2,15,17). The minimum absolute atomic E-state index is 0.326. The summed E-state index contributed by atoms with van der Waals surface area (Å²) in [6.45, 7) is 3.43. The smallest absolute Gasteiger partial charge is 0.241 e. The number of benzene rings is 1. The topological polar surface area (TPSA) is 89.3 Å². The van der Waals surface area contributed by atoms with E-state index in [1.54, 1.807) is 13.8 Å². The summed E-state index contributed by atoms with van der Waals surface area (Å²) in [5.74, 6) is -3.59. The average Bonchev–Trinajstić information content (AvgIpc) is 2.38. The van der Waals surface area contributed by atoms with Crippen molar-refractivity contribution in [3.8, 4) is 0 Å². The van der Waals surface area contributed by atoms with Crippen molar-refractivity contribution in [2.24, 2.45) is 11.7 Å². The number of nitrogens with two attached hydrogens (primary N) is 1. The van der Waals surface area contributed by atoms with E-state index in [0.717, 1.165) is 6.07 Å². The van der Waals surface area contributed by atoms with Gasteiger partial charge in [-0.1, -0.05) is 20.3 Å². The van der Waals surface area contributed by atoms with Crippen LogP contribution in [0.15, 0.2) is 23.1 Å². The van der Waals surface area contributed by atoms with Gasteiger partial charge in [-0.2, -0.15) is 4.72 Å². The number of hydrogen-bond donors (Lipinski definition) is 2. The molecule has 0 bridgehead atoms. The fourth-order valence-electron chi connectivity index (χ4n) is 1.57. The molecule has 0 aliphatic heterocycles. The summed E-state index contributed by atoms with van der Waals surface area (Å²) < 4.78 is 52.0. The number of sulfonamides is 1. The van der Waals surface area contributed by atoms with E-state index < -0.39 is 38.5 Å². The molecule has 0 radical (unpaired) electrons. The molecule has 0 saturated carbocycles. The molecule has 8 heteroatoms. The lowest BCUT2D eigenvalue weighted by Gasteiger charge is -2.21. The Morgan fingerprint density at radius 1 is 1.35 bits per heavy atom. The Bertz CT molecular complexity index is 605. The van der Waals surface area contributed by atoms with Crippen LogP contribution in [0.25, 0.3) is 0 Å². The summed E-state index contributed by atoms with van der Waals surface area (Å²) in [7, 11) is -4.16. The molecular formula is C12H16F2N2O3S. The van der Waals surface area contributed by atoms with Gasteiger partial charge in [0, 0.05) is 0 Å². The van der Waals surface area contributed by atoms with Crippen molar-refractivity contribution in [1.29, 1.82) is 0 Å². The zero-order valence-electron chi connectivity index (χ0n) is 11.1. The third kappa shape index (κ3) is 3.73. The number of rotatable bonds is 6. The van der Waals surface area contributed by atoms with Crippen molar-refractivity contribution < 1.29 is 22.0 Å². The van der Waals surface area contributed by atoms with Crippen molar-refractivity contribution in [2.75, 3.05) is 0 Å². The first kappa shape index (κ1) is 16.5. The molecule has 1 aromatic rings. The van der Waals surface area contributed by atoms with Crippen molar-refractivity contribution in [3.63, 3.8) is 0 Å².